The highest BCUT2D eigenvalue weighted by atomic mass is 19.1. The summed E-state index contributed by atoms with van der Waals surface area (Å²) in [5.41, 5.74) is 5.44. The molecular formula is C27H27FO2. The molecule has 30 heavy (non-hydrogen) atoms. The van der Waals surface area contributed by atoms with Crippen molar-refractivity contribution in [3.63, 3.8) is 0 Å². The first-order valence-electron chi connectivity index (χ1n) is 10.2. The lowest BCUT2D eigenvalue weighted by Gasteiger charge is -2.09. The van der Waals surface area contributed by atoms with E-state index in [-0.39, 0.29) is 17.5 Å². The van der Waals surface area contributed by atoms with Gasteiger partial charge in [0.15, 0.2) is 0 Å². The molecule has 1 atom stereocenters. The van der Waals surface area contributed by atoms with E-state index in [1.54, 1.807) is 19.1 Å². The molecule has 0 spiro atoms. The predicted octanol–water partition coefficient (Wildman–Crippen LogP) is 6.74. The molecular weight excluding hydrogens is 375 g/mol. The minimum atomic E-state index is -0.227. The minimum absolute atomic E-state index is 0.0387. The molecule has 0 bridgehead atoms. The largest absolute Gasteiger partial charge is 0.490 e. The van der Waals surface area contributed by atoms with E-state index in [0.29, 0.717) is 6.61 Å². The molecule has 0 aliphatic heterocycles. The van der Waals surface area contributed by atoms with E-state index < -0.39 is 0 Å². The Hall–Kier alpha value is -3.20. The summed E-state index contributed by atoms with van der Waals surface area (Å²) in [7, 11) is 0. The van der Waals surface area contributed by atoms with Crippen molar-refractivity contribution < 1.29 is 13.9 Å². The van der Waals surface area contributed by atoms with Crippen LogP contribution >= 0.6 is 0 Å². The topological polar surface area (TPSA) is 26.3 Å². The second kappa shape index (κ2) is 10.0. The number of ketones is 1. The molecule has 154 valence electrons. The molecule has 1 unspecified atom stereocenters. The van der Waals surface area contributed by atoms with Gasteiger partial charge in [-0.1, -0.05) is 55.5 Å². The molecule has 3 aromatic carbocycles. The minimum Gasteiger partial charge on any atom is -0.490 e. The quantitative estimate of drug-likeness (QED) is 0.417. The fourth-order valence-electron chi connectivity index (χ4n) is 3.17. The molecule has 0 saturated heterocycles. The van der Waals surface area contributed by atoms with Crippen LogP contribution in [0.15, 0.2) is 78.9 Å². The zero-order valence-electron chi connectivity index (χ0n) is 17.7. The molecule has 0 fully saturated rings. The number of hydrogen-bond donors (Lipinski definition) is 0. The Balaban J connectivity index is 1.56. The highest BCUT2D eigenvalue weighted by Crippen LogP contribution is 2.23. The van der Waals surface area contributed by atoms with E-state index in [1.165, 1.54) is 12.1 Å². The molecule has 0 N–H and O–H groups in total. The molecule has 0 radical (unpaired) electrons. The van der Waals surface area contributed by atoms with E-state index in [1.807, 2.05) is 43.3 Å². The van der Waals surface area contributed by atoms with E-state index in [4.69, 9.17) is 4.74 Å². The number of allylic oxidation sites excluding steroid dienone is 1. The molecule has 0 aliphatic rings. The third kappa shape index (κ3) is 5.90. The van der Waals surface area contributed by atoms with Gasteiger partial charge >= 0.3 is 0 Å². The van der Waals surface area contributed by atoms with Gasteiger partial charge in [-0.2, -0.15) is 0 Å². The Morgan fingerprint density at radius 1 is 0.900 bits per heavy atom. The maximum atomic E-state index is 13.1. The number of benzene rings is 3. The van der Waals surface area contributed by atoms with Crippen molar-refractivity contribution in [1.82, 2.24) is 0 Å². The summed E-state index contributed by atoms with van der Waals surface area (Å²) in [6.07, 6.45) is 2.81. The zero-order chi connectivity index (χ0) is 21.5. The predicted molar refractivity (Wildman–Crippen MR) is 121 cm³/mol. The number of hydrogen-bond acceptors (Lipinski definition) is 2. The maximum absolute atomic E-state index is 13.1. The zero-order valence-corrected chi connectivity index (χ0v) is 17.7. The summed E-state index contributed by atoms with van der Waals surface area (Å²) in [6, 6.07) is 22.7. The van der Waals surface area contributed by atoms with E-state index in [2.05, 4.69) is 25.1 Å². The average Bonchev–Trinajstić information content (AvgIpc) is 2.75. The van der Waals surface area contributed by atoms with Gasteiger partial charge < -0.3 is 4.74 Å². The van der Waals surface area contributed by atoms with Crippen molar-refractivity contribution in [2.75, 3.05) is 6.61 Å². The van der Waals surface area contributed by atoms with Crippen LogP contribution in [0.2, 0.25) is 0 Å². The smallest absolute Gasteiger partial charge is 0.132 e. The van der Waals surface area contributed by atoms with Crippen LogP contribution < -0.4 is 4.74 Å². The third-order valence-electron chi connectivity index (χ3n) is 5.32. The molecule has 2 nitrogen and oxygen atoms in total. The van der Waals surface area contributed by atoms with Crippen molar-refractivity contribution in [1.29, 1.82) is 0 Å². The first-order valence-corrected chi connectivity index (χ1v) is 10.2. The normalized spacial score (nSPS) is 12.5. The van der Waals surface area contributed by atoms with Gasteiger partial charge in [-0.15, -0.1) is 0 Å². The molecule has 3 rings (SSSR count). The summed E-state index contributed by atoms with van der Waals surface area (Å²) in [5, 5.41) is 0. The number of Topliss-reactive ketones (excluding diaryl/α,β-unsaturated/α-hetero) is 1. The highest BCUT2D eigenvalue weighted by Gasteiger charge is 2.08. The van der Waals surface area contributed by atoms with Gasteiger partial charge in [0.05, 0.1) is 0 Å². The molecule has 0 aliphatic carbocycles. The Morgan fingerprint density at radius 3 is 2.03 bits per heavy atom. The summed E-state index contributed by atoms with van der Waals surface area (Å²) in [6.45, 7) is 6.12. The van der Waals surface area contributed by atoms with Crippen molar-refractivity contribution >= 4 is 11.4 Å². The lowest BCUT2D eigenvalue weighted by Crippen LogP contribution is -2.09. The van der Waals surface area contributed by atoms with Crippen LogP contribution in [0.3, 0.4) is 0 Å². The fourth-order valence-corrected chi connectivity index (χ4v) is 3.17. The highest BCUT2D eigenvalue weighted by molar-refractivity contribution is 5.78. The van der Waals surface area contributed by atoms with Gasteiger partial charge in [-0.05, 0) is 78.4 Å². The summed E-state index contributed by atoms with van der Waals surface area (Å²) in [5.74, 6) is 0.831. The summed E-state index contributed by atoms with van der Waals surface area (Å²) >= 11 is 0. The maximum Gasteiger partial charge on any atom is 0.132 e. The van der Waals surface area contributed by atoms with Crippen LogP contribution in [0.1, 0.15) is 31.9 Å². The molecule has 0 saturated carbocycles. The SMILES string of the molecule is CC(=O)C(C)Cc1ccc(OC/C=C(\C)c2ccc(-c3ccc(F)cc3)cc2)cc1. The second-order valence-corrected chi connectivity index (χ2v) is 7.64. The van der Waals surface area contributed by atoms with Gasteiger partial charge in [-0.3, -0.25) is 4.79 Å². The lowest BCUT2D eigenvalue weighted by molar-refractivity contribution is -0.120. The average molecular weight is 403 g/mol. The van der Waals surface area contributed by atoms with Crippen LogP contribution in [0.4, 0.5) is 4.39 Å². The van der Waals surface area contributed by atoms with Crippen molar-refractivity contribution in [2.45, 2.75) is 27.2 Å². The van der Waals surface area contributed by atoms with Gasteiger partial charge in [0.25, 0.3) is 0 Å². The monoisotopic (exact) mass is 402 g/mol. The van der Waals surface area contributed by atoms with Crippen LogP contribution in [0.5, 0.6) is 5.75 Å². The Morgan fingerprint density at radius 2 is 1.47 bits per heavy atom. The number of rotatable bonds is 8. The van der Waals surface area contributed by atoms with Gasteiger partial charge in [0, 0.05) is 5.92 Å². The number of carbonyl (C=O) groups excluding carboxylic acids is 1. The molecule has 0 aromatic heterocycles. The Kier molecular flexibility index (Phi) is 7.18. The van der Waals surface area contributed by atoms with Crippen LogP contribution in [-0.2, 0) is 11.2 Å². The number of ether oxygens (including phenoxy) is 1. The number of halogens is 1. The Bertz CT molecular complexity index is 1000. The van der Waals surface area contributed by atoms with Crippen LogP contribution in [-0.4, -0.2) is 12.4 Å². The number of carbonyl (C=O) groups is 1. The van der Waals surface area contributed by atoms with Crippen LogP contribution in [0, 0.1) is 11.7 Å². The van der Waals surface area contributed by atoms with Crippen molar-refractivity contribution in [2.24, 2.45) is 5.92 Å². The van der Waals surface area contributed by atoms with E-state index in [0.717, 1.165) is 40.0 Å². The molecule has 0 amide bonds. The second-order valence-electron chi connectivity index (χ2n) is 7.64. The first-order chi connectivity index (χ1) is 14.4. The standard InChI is InChI=1S/C27H27FO2/c1-19(23-6-8-24(9-7-23)25-10-12-26(28)13-11-25)16-17-30-27-14-4-22(5-15-27)18-20(2)21(3)29/h4-16,20H,17-18H2,1-3H3/b19-16+. The molecule has 0 heterocycles. The van der Waals surface area contributed by atoms with E-state index in [9.17, 15) is 9.18 Å². The van der Waals surface area contributed by atoms with Crippen molar-refractivity contribution in [3.05, 3.63) is 95.8 Å². The molecule has 3 heteroatoms. The van der Waals surface area contributed by atoms with Crippen molar-refractivity contribution in [3.8, 4) is 16.9 Å². The van der Waals surface area contributed by atoms with E-state index >= 15 is 0 Å². The van der Waals surface area contributed by atoms with Crippen LogP contribution in [0.25, 0.3) is 16.7 Å². The molecule has 3 aromatic rings. The third-order valence-corrected chi connectivity index (χ3v) is 5.32. The van der Waals surface area contributed by atoms with Gasteiger partial charge in [0.2, 0.25) is 0 Å². The van der Waals surface area contributed by atoms with Gasteiger partial charge in [0.1, 0.15) is 24.0 Å². The van der Waals surface area contributed by atoms with Gasteiger partial charge in [-0.25, -0.2) is 4.39 Å². The Labute approximate surface area is 178 Å². The summed E-state index contributed by atoms with van der Waals surface area (Å²) < 4.78 is 18.9. The lowest BCUT2D eigenvalue weighted by atomic mass is 9.98. The first kappa shape index (κ1) is 21.5. The fraction of sp³-hybridized carbons (Fsp3) is 0.222. The summed E-state index contributed by atoms with van der Waals surface area (Å²) in [4.78, 5) is 11.4.